The lowest BCUT2D eigenvalue weighted by Gasteiger charge is -2.19. The van der Waals surface area contributed by atoms with Gasteiger partial charge in [-0.1, -0.05) is 29.8 Å². The smallest absolute Gasteiger partial charge is 0.407 e. The van der Waals surface area contributed by atoms with Crippen LogP contribution >= 0.6 is 0 Å². The van der Waals surface area contributed by atoms with Gasteiger partial charge in [0, 0.05) is 5.69 Å². The average molecular weight is 518 g/mol. The maximum Gasteiger partial charge on any atom is 0.407 e. The molecule has 0 radical (unpaired) electrons. The first-order chi connectivity index (χ1) is 18.0. The van der Waals surface area contributed by atoms with Crippen LogP contribution in [0.15, 0.2) is 77.6 Å². The third-order valence-corrected chi connectivity index (χ3v) is 5.99. The highest BCUT2D eigenvalue weighted by Gasteiger charge is 2.36. The lowest BCUT2D eigenvalue weighted by atomic mass is 10.0. The Balaban J connectivity index is 1.81. The Bertz CT molecular complexity index is 1630. The molecular formula is C29H21F3N2O4. The number of aromatic nitrogens is 1. The molecule has 0 fully saturated rings. The summed E-state index contributed by atoms with van der Waals surface area (Å²) in [6, 6.07) is 18.2. The molecule has 192 valence electrons. The first-order valence-electron chi connectivity index (χ1n) is 11.4. The molecule has 4 aromatic rings. The van der Waals surface area contributed by atoms with Crippen molar-refractivity contribution in [3.05, 3.63) is 122 Å². The van der Waals surface area contributed by atoms with Crippen molar-refractivity contribution >= 4 is 11.7 Å². The monoisotopic (exact) mass is 518 g/mol. The van der Waals surface area contributed by atoms with E-state index < -0.39 is 29.0 Å². The van der Waals surface area contributed by atoms with Crippen LogP contribution in [0.1, 0.15) is 32.6 Å². The Kier molecular flexibility index (Phi) is 7.08. The van der Waals surface area contributed by atoms with E-state index in [0.29, 0.717) is 11.3 Å². The van der Waals surface area contributed by atoms with Crippen LogP contribution in [0.2, 0.25) is 0 Å². The fourth-order valence-electron chi connectivity index (χ4n) is 4.07. The Labute approximate surface area is 216 Å². The molecule has 0 atom stereocenters. The Morgan fingerprint density at radius 3 is 2.32 bits per heavy atom. The second-order valence-electron chi connectivity index (χ2n) is 8.68. The molecule has 0 aliphatic rings. The molecule has 6 nitrogen and oxygen atoms in total. The van der Waals surface area contributed by atoms with Gasteiger partial charge in [-0.25, -0.2) is 9.64 Å². The summed E-state index contributed by atoms with van der Waals surface area (Å²) in [5.41, 5.74) is -0.385. The summed E-state index contributed by atoms with van der Waals surface area (Å²) in [6.45, 7) is 11.0. The van der Waals surface area contributed by atoms with E-state index in [-0.39, 0.29) is 23.6 Å². The molecule has 0 aliphatic heterocycles. The quantitative estimate of drug-likeness (QED) is 0.273. The first-order valence-corrected chi connectivity index (χ1v) is 11.4. The minimum Gasteiger partial charge on any atom is -0.478 e. The van der Waals surface area contributed by atoms with Gasteiger partial charge in [-0.3, -0.25) is 4.79 Å². The van der Waals surface area contributed by atoms with Crippen LogP contribution in [0.3, 0.4) is 0 Å². The van der Waals surface area contributed by atoms with Crippen LogP contribution in [0.4, 0.5) is 18.9 Å². The van der Waals surface area contributed by atoms with E-state index in [9.17, 15) is 22.8 Å². The maximum absolute atomic E-state index is 13.8. The second kappa shape index (κ2) is 10.3. The first kappa shape index (κ1) is 26.2. The molecule has 0 bridgehead atoms. The van der Waals surface area contributed by atoms with Gasteiger partial charge < -0.3 is 14.4 Å². The standard InChI is InChI=1S/C29H21F3N2O4/c1-17-7-8-21(18(2)13-17)16-34-25(15-24(29(30,31)32)26(33-3)27(34)35)19-9-11-22(12-10-19)38-23-6-4-5-20(14-23)28(36)37/h4-15H,16H2,1-2H3,(H,36,37). The number of carboxylic acid groups (broad SMARTS) is 1. The number of aromatic carboxylic acids is 1. The molecule has 0 amide bonds. The number of benzene rings is 3. The molecule has 38 heavy (non-hydrogen) atoms. The molecule has 9 heteroatoms. The second-order valence-corrected chi connectivity index (χ2v) is 8.68. The Morgan fingerprint density at radius 1 is 1.00 bits per heavy atom. The highest BCUT2D eigenvalue weighted by atomic mass is 19.4. The van der Waals surface area contributed by atoms with Crippen LogP contribution < -0.4 is 10.3 Å². The van der Waals surface area contributed by atoms with Crippen molar-refractivity contribution < 1.29 is 27.8 Å². The van der Waals surface area contributed by atoms with E-state index in [1.54, 1.807) is 12.1 Å². The van der Waals surface area contributed by atoms with Crippen molar-refractivity contribution in [2.75, 3.05) is 0 Å². The van der Waals surface area contributed by atoms with Crippen molar-refractivity contribution in [3.8, 4) is 22.8 Å². The molecule has 1 N–H and O–H groups in total. The zero-order valence-electron chi connectivity index (χ0n) is 20.3. The predicted molar refractivity (Wildman–Crippen MR) is 136 cm³/mol. The SMILES string of the molecule is [C-]#[N+]c1c(C(F)(F)F)cc(-c2ccc(Oc3cccc(C(=O)O)c3)cc2)n(Cc2ccc(C)cc2C)c1=O. The molecule has 0 saturated carbocycles. The number of pyridine rings is 1. The van der Waals surface area contributed by atoms with E-state index >= 15 is 0 Å². The number of carboxylic acids is 1. The van der Waals surface area contributed by atoms with Crippen molar-refractivity contribution in [2.45, 2.75) is 26.6 Å². The topological polar surface area (TPSA) is 72.9 Å². The van der Waals surface area contributed by atoms with Gasteiger partial charge in [0.15, 0.2) is 0 Å². The average Bonchev–Trinajstić information content (AvgIpc) is 2.86. The van der Waals surface area contributed by atoms with Gasteiger partial charge in [0.2, 0.25) is 0 Å². The Hall–Kier alpha value is -4.84. The summed E-state index contributed by atoms with van der Waals surface area (Å²) in [5, 5.41) is 9.16. The number of alkyl halides is 3. The third-order valence-electron chi connectivity index (χ3n) is 5.99. The summed E-state index contributed by atoms with van der Waals surface area (Å²) < 4.78 is 48.3. The predicted octanol–water partition coefficient (Wildman–Crippen LogP) is 7.24. The molecule has 1 aromatic heterocycles. The molecule has 0 spiro atoms. The Morgan fingerprint density at radius 2 is 1.71 bits per heavy atom. The van der Waals surface area contributed by atoms with Crippen molar-refractivity contribution in [1.82, 2.24) is 4.57 Å². The summed E-state index contributed by atoms with van der Waals surface area (Å²) in [5.74, 6) is -0.533. The summed E-state index contributed by atoms with van der Waals surface area (Å²) in [6.07, 6.45) is -4.90. The number of hydrogen-bond acceptors (Lipinski definition) is 3. The fraction of sp³-hybridized carbons (Fsp3) is 0.138. The van der Waals surface area contributed by atoms with Gasteiger partial charge in [0.25, 0.3) is 11.2 Å². The summed E-state index contributed by atoms with van der Waals surface area (Å²) >= 11 is 0. The molecule has 4 rings (SSSR count). The highest BCUT2D eigenvalue weighted by molar-refractivity contribution is 5.88. The van der Waals surface area contributed by atoms with Crippen LogP contribution in [0.5, 0.6) is 11.5 Å². The number of aryl methyl sites for hydroxylation is 2. The van der Waals surface area contributed by atoms with Crippen molar-refractivity contribution in [2.24, 2.45) is 0 Å². The summed E-state index contributed by atoms with van der Waals surface area (Å²) in [4.78, 5) is 27.3. The zero-order valence-corrected chi connectivity index (χ0v) is 20.3. The van der Waals surface area contributed by atoms with Crippen molar-refractivity contribution in [1.29, 1.82) is 0 Å². The van der Waals surface area contributed by atoms with Gasteiger partial charge >= 0.3 is 12.1 Å². The van der Waals surface area contributed by atoms with E-state index in [2.05, 4.69) is 4.85 Å². The lowest BCUT2D eigenvalue weighted by molar-refractivity contribution is -0.136. The largest absolute Gasteiger partial charge is 0.478 e. The van der Waals surface area contributed by atoms with E-state index in [1.807, 2.05) is 26.0 Å². The van der Waals surface area contributed by atoms with Gasteiger partial charge in [0.1, 0.15) is 11.5 Å². The van der Waals surface area contributed by atoms with Gasteiger partial charge in [-0.2, -0.15) is 13.2 Å². The summed E-state index contributed by atoms with van der Waals surface area (Å²) in [7, 11) is 0. The van der Waals surface area contributed by atoms with E-state index in [0.717, 1.165) is 22.8 Å². The van der Waals surface area contributed by atoms with Gasteiger partial charge in [0.05, 0.1) is 24.2 Å². The number of carbonyl (C=O) groups is 1. The minimum absolute atomic E-state index is 0.00544. The van der Waals surface area contributed by atoms with Crippen LogP contribution in [0, 0.1) is 20.4 Å². The number of ether oxygens (including phenoxy) is 1. The fourth-order valence-corrected chi connectivity index (χ4v) is 4.07. The van der Waals surface area contributed by atoms with Gasteiger partial charge in [-0.15, -0.1) is 0 Å². The van der Waals surface area contributed by atoms with E-state index in [4.69, 9.17) is 16.4 Å². The number of nitrogens with zero attached hydrogens (tertiary/aromatic N) is 2. The molecule has 0 aliphatic carbocycles. The van der Waals surface area contributed by atoms with Gasteiger partial charge in [-0.05, 0) is 79.1 Å². The molecule has 0 saturated heterocycles. The van der Waals surface area contributed by atoms with Crippen LogP contribution in [-0.4, -0.2) is 15.6 Å². The molecule has 0 unspecified atom stereocenters. The third kappa shape index (κ3) is 5.44. The van der Waals surface area contributed by atoms with Crippen LogP contribution in [0.25, 0.3) is 16.1 Å². The molecular weight excluding hydrogens is 497 g/mol. The molecule has 3 aromatic carbocycles. The molecule has 1 heterocycles. The minimum atomic E-state index is -4.90. The zero-order chi connectivity index (χ0) is 27.6. The van der Waals surface area contributed by atoms with Crippen molar-refractivity contribution in [3.63, 3.8) is 0 Å². The number of halogens is 3. The van der Waals surface area contributed by atoms with Crippen LogP contribution in [-0.2, 0) is 12.7 Å². The number of rotatable bonds is 6. The lowest BCUT2D eigenvalue weighted by Crippen LogP contribution is -2.25. The van der Waals surface area contributed by atoms with E-state index in [1.165, 1.54) is 47.0 Å². The normalized spacial score (nSPS) is 11.2. The maximum atomic E-state index is 13.8. The number of hydrogen-bond donors (Lipinski definition) is 1. The highest BCUT2D eigenvalue weighted by Crippen LogP contribution is 2.37.